The van der Waals surface area contributed by atoms with Gasteiger partial charge in [-0.05, 0) is 55.4 Å². The SMILES string of the molecule is CC(O)[C@H](C)O.CC1OC(C)(C)C(C)(C)O[C@H]1C. The lowest BCUT2D eigenvalue weighted by Gasteiger charge is -2.50. The quantitative estimate of drug-likeness (QED) is 0.760. The summed E-state index contributed by atoms with van der Waals surface area (Å²) in [7, 11) is 0. The van der Waals surface area contributed by atoms with Crippen LogP contribution in [0.15, 0.2) is 0 Å². The van der Waals surface area contributed by atoms with Gasteiger partial charge in [-0.2, -0.15) is 0 Å². The molecule has 0 saturated carbocycles. The third-order valence-corrected chi connectivity index (χ3v) is 3.77. The molecule has 1 rings (SSSR count). The van der Waals surface area contributed by atoms with E-state index in [9.17, 15) is 0 Å². The fraction of sp³-hybridized carbons (Fsp3) is 1.00. The van der Waals surface area contributed by atoms with E-state index in [4.69, 9.17) is 19.7 Å². The molecule has 1 saturated heterocycles. The van der Waals surface area contributed by atoms with E-state index in [0.29, 0.717) is 0 Å². The molecule has 2 N–H and O–H groups in total. The fourth-order valence-electron chi connectivity index (χ4n) is 1.40. The summed E-state index contributed by atoms with van der Waals surface area (Å²) in [5, 5.41) is 16.8. The molecule has 1 aliphatic heterocycles. The van der Waals surface area contributed by atoms with Crippen LogP contribution in [0, 0.1) is 0 Å². The van der Waals surface area contributed by atoms with E-state index in [2.05, 4.69) is 41.5 Å². The van der Waals surface area contributed by atoms with E-state index in [1.54, 1.807) is 13.8 Å². The van der Waals surface area contributed by atoms with Crippen molar-refractivity contribution in [2.24, 2.45) is 0 Å². The summed E-state index contributed by atoms with van der Waals surface area (Å²) in [6.07, 6.45) is -0.809. The highest BCUT2D eigenvalue weighted by Crippen LogP contribution is 2.36. The molecule has 110 valence electrons. The Kier molecular flexibility index (Phi) is 6.27. The summed E-state index contributed by atoms with van der Waals surface area (Å²) in [5.41, 5.74) is -0.391. The second kappa shape index (κ2) is 6.33. The van der Waals surface area contributed by atoms with Gasteiger partial charge in [-0.15, -0.1) is 0 Å². The molecule has 4 heteroatoms. The smallest absolute Gasteiger partial charge is 0.0914 e. The highest BCUT2D eigenvalue weighted by molar-refractivity contribution is 4.94. The van der Waals surface area contributed by atoms with Crippen LogP contribution >= 0.6 is 0 Å². The van der Waals surface area contributed by atoms with Crippen molar-refractivity contribution in [3.05, 3.63) is 0 Å². The highest BCUT2D eigenvalue weighted by Gasteiger charge is 2.46. The molecule has 0 aliphatic carbocycles. The van der Waals surface area contributed by atoms with Crippen LogP contribution in [0.1, 0.15) is 55.4 Å². The minimum absolute atomic E-state index is 0.188. The number of aliphatic hydroxyl groups is 2. The molecule has 0 amide bonds. The van der Waals surface area contributed by atoms with E-state index < -0.39 is 12.2 Å². The van der Waals surface area contributed by atoms with Crippen LogP contribution in [0.25, 0.3) is 0 Å². The van der Waals surface area contributed by atoms with Crippen LogP contribution in [0.5, 0.6) is 0 Å². The standard InChI is InChI=1S/C10H20O2.C4H10O2/c1-7-8(2)12-10(5,6)9(3,4)11-7;1-3(5)4(2)6/h7-8H,1-6H3;3-6H,1-2H3/t7-,8?;3-,4?/m00/s1. The van der Waals surface area contributed by atoms with Crippen molar-refractivity contribution in [1.82, 2.24) is 0 Å². The van der Waals surface area contributed by atoms with Crippen LogP contribution in [-0.4, -0.2) is 45.8 Å². The van der Waals surface area contributed by atoms with Gasteiger partial charge in [0.25, 0.3) is 0 Å². The molecule has 0 aromatic rings. The lowest BCUT2D eigenvalue weighted by Crippen LogP contribution is -2.59. The van der Waals surface area contributed by atoms with E-state index in [0.717, 1.165) is 0 Å². The van der Waals surface area contributed by atoms with E-state index in [1.807, 2.05) is 0 Å². The Morgan fingerprint density at radius 1 is 0.778 bits per heavy atom. The van der Waals surface area contributed by atoms with Crippen molar-refractivity contribution in [2.75, 3.05) is 0 Å². The molecule has 2 unspecified atom stereocenters. The molecule has 1 aliphatic rings. The molecule has 0 spiro atoms. The minimum Gasteiger partial charge on any atom is -0.391 e. The van der Waals surface area contributed by atoms with Gasteiger partial charge in [0.15, 0.2) is 0 Å². The summed E-state index contributed by atoms with van der Waals surface area (Å²) < 4.78 is 11.8. The molecular formula is C14H30O4. The zero-order valence-electron chi connectivity index (χ0n) is 13.0. The van der Waals surface area contributed by atoms with Crippen LogP contribution in [0.4, 0.5) is 0 Å². The Hall–Kier alpha value is -0.160. The van der Waals surface area contributed by atoms with Gasteiger partial charge in [-0.1, -0.05) is 0 Å². The predicted octanol–water partition coefficient (Wildman–Crippen LogP) is 2.12. The summed E-state index contributed by atoms with van der Waals surface area (Å²) in [6.45, 7) is 15.5. The minimum atomic E-state index is -0.593. The number of ether oxygens (including phenoxy) is 2. The molecule has 0 aromatic carbocycles. The summed E-state index contributed by atoms with van der Waals surface area (Å²) in [6, 6.07) is 0. The molecular weight excluding hydrogens is 232 g/mol. The van der Waals surface area contributed by atoms with Gasteiger partial charge >= 0.3 is 0 Å². The number of hydrogen-bond donors (Lipinski definition) is 2. The largest absolute Gasteiger partial charge is 0.391 e. The number of hydrogen-bond acceptors (Lipinski definition) is 4. The van der Waals surface area contributed by atoms with Crippen LogP contribution in [0.2, 0.25) is 0 Å². The molecule has 18 heavy (non-hydrogen) atoms. The second-order valence-electron chi connectivity index (χ2n) is 6.15. The molecule has 4 nitrogen and oxygen atoms in total. The number of rotatable bonds is 1. The Bertz CT molecular complexity index is 220. The van der Waals surface area contributed by atoms with Crippen molar-refractivity contribution in [1.29, 1.82) is 0 Å². The molecule has 1 fully saturated rings. The molecule has 1 heterocycles. The Balaban J connectivity index is 0.000000411. The zero-order valence-corrected chi connectivity index (χ0v) is 13.0. The lowest BCUT2D eigenvalue weighted by atomic mass is 9.87. The van der Waals surface area contributed by atoms with E-state index in [-0.39, 0.29) is 23.4 Å². The summed E-state index contributed by atoms with van der Waals surface area (Å²) in [5.74, 6) is 0. The average molecular weight is 262 g/mol. The van der Waals surface area contributed by atoms with Crippen LogP contribution < -0.4 is 0 Å². The summed E-state index contributed by atoms with van der Waals surface area (Å²) in [4.78, 5) is 0. The van der Waals surface area contributed by atoms with Gasteiger partial charge in [0.2, 0.25) is 0 Å². The number of aliphatic hydroxyl groups excluding tert-OH is 2. The first-order valence-corrected chi connectivity index (χ1v) is 6.62. The first-order valence-electron chi connectivity index (χ1n) is 6.62. The van der Waals surface area contributed by atoms with Gasteiger partial charge in [0.05, 0.1) is 35.6 Å². The predicted molar refractivity (Wildman–Crippen MR) is 72.6 cm³/mol. The maximum atomic E-state index is 8.38. The Morgan fingerprint density at radius 2 is 1.00 bits per heavy atom. The van der Waals surface area contributed by atoms with Crippen molar-refractivity contribution in [2.45, 2.75) is 91.0 Å². The van der Waals surface area contributed by atoms with Gasteiger partial charge in [-0.3, -0.25) is 0 Å². The summed E-state index contributed by atoms with van der Waals surface area (Å²) >= 11 is 0. The first-order chi connectivity index (χ1) is 7.90. The zero-order chi connectivity index (χ0) is 14.7. The highest BCUT2D eigenvalue weighted by atomic mass is 16.6. The maximum Gasteiger partial charge on any atom is 0.0914 e. The normalized spacial score (nSPS) is 33.0. The van der Waals surface area contributed by atoms with Gasteiger partial charge in [-0.25, -0.2) is 0 Å². The first kappa shape index (κ1) is 17.8. The van der Waals surface area contributed by atoms with Crippen molar-refractivity contribution < 1.29 is 19.7 Å². The molecule has 0 aromatic heterocycles. The monoisotopic (exact) mass is 262 g/mol. The van der Waals surface area contributed by atoms with Crippen LogP contribution in [0.3, 0.4) is 0 Å². The Labute approximate surface area is 111 Å². The van der Waals surface area contributed by atoms with Gasteiger partial charge in [0, 0.05) is 0 Å². The van der Waals surface area contributed by atoms with Gasteiger partial charge < -0.3 is 19.7 Å². The van der Waals surface area contributed by atoms with Crippen molar-refractivity contribution in [3.63, 3.8) is 0 Å². The molecule has 0 radical (unpaired) electrons. The maximum absolute atomic E-state index is 8.38. The second-order valence-corrected chi connectivity index (χ2v) is 6.15. The molecule has 0 bridgehead atoms. The van der Waals surface area contributed by atoms with Gasteiger partial charge in [0.1, 0.15) is 0 Å². The molecule has 4 atom stereocenters. The Morgan fingerprint density at radius 3 is 1.17 bits per heavy atom. The van der Waals surface area contributed by atoms with Crippen LogP contribution in [-0.2, 0) is 9.47 Å². The van der Waals surface area contributed by atoms with Crippen molar-refractivity contribution in [3.8, 4) is 0 Å². The lowest BCUT2D eigenvalue weighted by molar-refractivity contribution is -0.285. The third kappa shape index (κ3) is 4.84. The fourth-order valence-corrected chi connectivity index (χ4v) is 1.40. The van der Waals surface area contributed by atoms with E-state index in [1.165, 1.54) is 0 Å². The third-order valence-electron chi connectivity index (χ3n) is 3.77. The van der Waals surface area contributed by atoms with E-state index >= 15 is 0 Å². The van der Waals surface area contributed by atoms with Crippen molar-refractivity contribution >= 4 is 0 Å². The average Bonchev–Trinajstić information content (AvgIpc) is 2.14. The topological polar surface area (TPSA) is 58.9 Å².